The summed E-state index contributed by atoms with van der Waals surface area (Å²) in [5.41, 5.74) is 12.3. The van der Waals surface area contributed by atoms with Gasteiger partial charge < -0.3 is 0 Å². The topological polar surface area (TPSA) is 0 Å². The third-order valence-corrected chi connectivity index (χ3v) is 6.38. The third kappa shape index (κ3) is 2.53. The Morgan fingerprint density at radius 3 is 1.46 bits per heavy atom. The molecule has 0 N–H and O–H groups in total. The van der Waals surface area contributed by atoms with Crippen LogP contribution in [-0.4, -0.2) is 35.4 Å². The van der Waals surface area contributed by atoms with Gasteiger partial charge in [0.2, 0.25) is 0 Å². The Balaban J connectivity index is 1.65. The molecule has 0 aliphatic heterocycles. The number of hydrogen-bond donors (Lipinski definition) is 0. The molecule has 0 nitrogen and oxygen atoms in total. The second-order valence-electron chi connectivity index (χ2n) is 7.44. The molecule has 2 aromatic rings. The summed E-state index contributed by atoms with van der Waals surface area (Å²) in [6, 6.07) is 17.9. The Morgan fingerprint density at radius 2 is 1.04 bits per heavy atom. The third-order valence-electron chi connectivity index (χ3n) is 6.38. The fraction of sp³-hybridized carbons (Fsp3) is 0.273. The van der Waals surface area contributed by atoms with E-state index in [9.17, 15) is 0 Å². The van der Waals surface area contributed by atoms with Crippen LogP contribution in [0.5, 0.6) is 0 Å². The van der Waals surface area contributed by atoms with Crippen LogP contribution in [0.1, 0.15) is 58.1 Å². The van der Waals surface area contributed by atoms with E-state index in [0.29, 0.717) is 9.18 Å². The summed E-state index contributed by atoms with van der Waals surface area (Å²) >= 11 is 4.69. The molecule has 110 valence electrons. The van der Waals surface area contributed by atoms with Gasteiger partial charge in [-0.1, -0.05) is 0 Å². The summed E-state index contributed by atoms with van der Waals surface area (Å²) in [5.74, 6) is 0. The normalized spacial score (nSPS) is 22.2. The van der Waals surface area contributed by atoms with Crippen molar-refractivity contribution < 1.29 is 0 Å². The number of benzene rings is 2. The molecule has 0 bridgehead atoms. The average molecular weight is 298 g/mol. The van der Waals surface area contributed by atoms with Gasteiger partial charge >= 0.3 is 164 Å². The van der Waals surface area contributed by atoms with Gasteiger partial charge in [0.1, 0.15) is 0 Å². The summed E-state index contributed by atoms with van der Waals surface area (Å²) in [6.45, 7) is 4.65. The fourth-order valence-corrected chi connectivity index (χ4v) is 4.63. The Bertz CT molecular complexity index is 800. The van der Waals surface area contributed by atoms with E-state index in [0.717, 1.165) is 12.8 Å². The van der Waals surface area contributed by atoms with E-state index in [1.807, 2.05) is 0 Å². The summed E-state index contributed by atoms with van der Waals surface area (Å²) in [6.07, 6.45) is 2.31. The summed E-state index contributed by atoms with van der Waals surface area (Å²) < 4.78 is 1.14. The Hall–Kier alpha value is -0.885. The van der Waals surface area contributed by atoms with Crippen molar-refractivity contribution in [1.29, 1.82) is 0 Å². The molecular formula is C22H20Li2. The molecule has 0 fully saturated rings. The van der Waals surface area contributed by atoms with Crippen LogP contribution < -0.4 is 0 Å². The molecule has 2 heteroatoms. The Labute approximate surface area is 163 Å². The average Bonchev–Trinajstić information content (AvgIpc) is 3.00. The van der Waals surface area contributed by atoms with E-state index in [-0.39, 0.29) is 0 Å². The molecular weight excluding hydrogens is 278 g/mol. The van der Waals surface area contributed by atoms with Crippen molar-refractivity contribution in [1.82, 2.24) is 0 Å². The molecule has 2 atom stereocenters. The van der Waals surface area contributed by atoms with Gasteiger partial charge in [0.25, 0.3) is 0 Å². The number of rotatable bonds is 3. The Kier molecular flexibility index (Phi) is 4.45. The van der Waals surface area contributed by atoms with Crippen LogP contribution in [0, 0.1) is 0 Å². The van der Waals surface area contributed by atoms with Gasteiger partial charge in [-0.2, -0.15) is 0 Å². The molecule has 2 aliphatic rings. The molecule has 0 spiro atoms. The monoisotopic (exact) mass is 298 g/mol. The zero-order valence-electron chi connectivity index (χ0n) is 15.2. The molecule has 0 radical (unpaired) electrons. The minimum absolute atomic E-state index is 0.570. The maximum atomic E-state index is 2.35. The van der Waals surface area contributed by atoms with Gasteiger partial charge in [0, 0.05) is 0 Å². The molecule has 0 saturated carbocycles. The van der Waals surface area contributed by atoms with E-state index in [2.05, 4.69) is 97.8 Å². The van der Waals surface area contributed by atoms with E-state index < -0.39 is 0 Å². The molecule has 2 aliphatic carbocycles. The molecule has 24 heavy (non-hydrogen) atoms. The van der Waals surface area contributed by atoms with E-state index >= 15 is 0 Å². The van der Waals surface area contributed by atoms with Gasteiger partial charge in [0.15, 0.2) is 0 Å². The molecule has 0 amide bonds. The molecule has 2 unspecified atom stereocenters. The second kappa shape index (κ2) is 6.44. The first-order chi connectivity index (χ1) is 11.6. The van der Waals surface area contributed by atoms with Crippen molar-refractivity contribution in [3.63, 3.8) is 0 Å². The van der Waals surface area contributed by atoms with Crippen molar-refractivity contribution in [2.24, 2.45) is 0 Å². The summed E-state index contributed by atoms with van der Waals surface area (Å²) in [5, 5.41) is 0. The van der Waals surface area contributed by atoms with Gasteiger partial charge in [0.05, 0.1) is 0 Å². The van der Waals surface area contributed by atoms with Gasteiger partial charge in [-0.3, -0.25) is 0 Å². The molecule has 0 heterocycles. The van der Waals surface area contributed by atoms with Crippen molar-refractivity contribution in [3.8, 4) is 0 Å². The van der Waals surface area contributed by atoms with Crippen molar-refractivity contribution in [2.45, 2.75) is 35.9 Å². The summed E-state index contributed by atoms with van der Waals surface area (Å²) in [4.78, 5) is 0. The molecule has 4 rings (SSSR count). The quantitative estimate of drug-likeness (QED) is 0.687. The van der Waals surface area contributed by atoms with E-state index in [4.69, 9.17) is 0 Å². The SMILES string of the molecule is [Li][CH]1C(C)=C(CCC2=C(C)[CH]([Li])c3ccccc32)c2ccccc21. The van der Waals surface area contributed by atoms with Crippen LogP contribution in [0.2, 0.25) is 0 Å². The molecule has 0 aromatic heterocycles. The van der Waals surface area contributed by atoms with Crippen LogP contribution in [0.25, 0.3) is 11.1 Å². The van der Waals surface area contributed by atoms with Crippen molar-refractivity contribution in [3.05, 3.63) is 81.9 Å². The first-order valence-electron chi connectivity index (χ1n) is 9.17. The predicted octanol–water partition coefficient (Wildman–Crippen LogP) is 5.16. The van der Waals surface area contributed by atoms with Gasteiger partial charge in [-0.15, -0.1) is 0 Å². The standard InChI is InChI=1S/C22H20.2Li/c1-15-13-17-7-3-5-9-21(17)19(15)11-12-20-16(2)14-18-8-4-6-10-22(18)20;;/h3-10,13-14H,11-12H2,1-2H3;;. The first kappa shape index (κ1) is 16.6. The van der Waals surface area contributed by atoms with Crippen molar-refractivity contribution in [2.75, 3.05) is 0 Å². The predicted molar refractivity (Wildman–Crippen MR) is 104 cm³/mol. The minimum atomic E-state index is 0.570. The van der Waals surface area contributed by atoms with Crippen LogP contribution in [0.15, 0.2) is 59.7 Å². The van der Waals surface area contributed by atoms with E-state index in [1.54, 1.807) is 22.3 Å². The molecule has 2 aromatic carbocycles. The van der Waals surface area contributed by atoms with Crippen LogP contribution in [-0.2, 0) is 0 Å². The summed E-state index contributed by atoms with van der Waals surface area (Å²) in [7, 11) is 0. The van der Waals surface area contributed by atoms with Crippen LogP contribution in [0.4, 0.5) is 0 Å². The first-order valence-corrected chi connectivity index (χ1v) is 9.17. The van der Waals surface area contributed by atoms with Crippen LogP contribution in [0.3, 0.4) is 0 Å². The number of allylic oxidation sites excluding steroid dienone is 4. The fourth-order valence-electron chi connectivity index (χ4n) is 4.63. The van der Waals surface area contributed by atoms with Gasteiger partial charge in [-0.25, -0.2) is 0 Å². The second-order valence-corrected chi connectivity index (χ2v) is 7.44. The molecule has 0 saturated heterocycles. The maximum absolute atomic E-state index is 2.35. The van der Waals surface area contributed by atoms with Crippen molar-refractivity contribution >= 4 is 46.6 Å². The zero-order chi connectivity index (χ0) is 16.8. The zero-order valence-corrected chi connectivity index (χ0v) is 15.2. The Morgan fingerprint density at radius 1 is 0.667 bits per heavy atom. The van der Waals surface area contributed by atoms with E-state index in [1.165, 1.54) is 22.3 Å². The van der Waals surface area contributed by atoms with Crippen LogP contribution >= 0.6 is 0 Å². The number of hydrogen-bond acceptors (Lipinski definition) is 0. The number of fused-ring (bicyclic) bond motifs is 2. The van der Waals surface area contributed by atoms with Gasteiger partial charge in [-0.05, 0) is 0 Å².